The highest BCUT2D eigenvalue weighted by Gasteiger charge is 2.20. The first-order valence-corrected chi connectivity index (χ1v) is 9.21. The lowest BCUT2D eigenvalue weighted by Gasteiger charge is -2.24. The molecule has 1 aromatic rings. The molecule has 0 aliphatic carbocycles. The maximum absolute atomic E-state index is 12.0. The molecule has 1 amide bonds. The molecule has 0 saturated carbocycles. The Hall–Kier alpha value is -1.23. The van der Waals surface area contributed by atoms with E-state index in [0.717, 1.165) is 29.8 Å². The van der Waals surface area contributed by atoms with Crippen molar-refractivity contribution in [3.05, 3.63) is 24.3 Å². The molecular formula is C18H28BrNO3. The van der Waals surface area contributed by atoms with Gasteiger partial charge in [-0.15, -0.1) is 0 Å². The van der Waals surface area contributed by atoms with Gasteiger partial charge < -0.3 is 9.47 Å². The van der Waals surface area contributed by atoms with Gasteiger partial charge in [-0.2, -0.15) is 0 Å². The molecule has 0 bridgehead atoms. The lowest BCUT2D eigenvalue weighted by atomic mass is 10.2. The maximum Gasteiger partial charge on any atom is 0.414 e. The summed E-state index contributed by atoms with van der Waals surface area (Å²) in [4.78, 5) is 13.5. The predicted molar refractivity (Wildman–Crippen MR) is 98.8 cm³/mol. The summed E-state index contributed by atoms with van der Waals surface area (Å²) in [5.74, 6) is 0.826. The minimum absolute atomic E-state index is 0.363. The van der Waals surface area contributed by atoms with Gasteiger partial charge in [-0.05, 0) is 57.9 Å². The van der Waals surface area contributed by atoms with Crippen molar-refractivity contribution in [1.82, 2.24) is 0 Å². The third-order valence-corrected chi connectivity index (χ3v) is 3.75. The molecule has 0 heterocycles. The van der Waals surface area contributed by atoms with E-state index in [-0.39, 0.29) is 6.09 Å². The van der Waals surface area contributed by atoms with Gasteiger partial charge in [0.25, 0.3) is 0 Å². The van der Waals surface area contributed by atoms with E-state index in [0.29, 0.717) is 0 Å². The monoisotopic (exact) mass is 385 g/mol. The Morgan fingerprint density at radius 2 is 1.70 bits per heavy atom. The van der Waals surface area contributed by atoms with Gasteiger partial charge in [-0.1, -0.05) is 28.8 Å². The minimum atomic E-state index is -0.497. The minimum Gasteiger partial charge on any atom is -0.494 e. The van der Waals surface area contributed by atoms with Crippen LogP contribution in [0.25, 0.3) is 0 Å². The number of halogens is 1. The van der Waals surface area contributed by atoms with E-state index < -0.39 is 5.60 Å². The van der Waals surface area contributed by atoms with E-state index in [4.69, 9.17) is 9.47 Å². The quantitative estimate of drug-likeness (QED) is 0.444. The second kappa shape index (κ2) is 9.81. The van der Waals surface area contributed by atoms with Gasteiger partial charge in [0, 0.05) is 18.1 Å². The number of amides is 1. The summed E-state index contributed by atoms with van der Waals surface area (Å²) >= 11 is 3.43. The van der Waals surface area contributed by atoms with Gasteiger partial charge in [-0.3, -0.25) is 4.90 Å². The van der Waals surface area contributed by atoms with Crippen LogP contribution in [0.3, 0.4) is 0 Å². The summed E-state index contributed by atoms with van der Waals surface area (Å²) in [5.41, 5.74) is 0.285. The number of hydrogen-bond donors (Lipinski definition) is 0. The highest BCUT2D eigenvalue weighted by molar-refractivity contribution is 9.09. The normalized spacial score (nSPS) is 11.2. The van der Waals surface area contributed by atoms with Crippen LogP contribution in [0.2, 0.25) is 0 Å². The van der Waals surface area contributed by atoms with E-state index in [1.807, 2.05) is 45.0 Å². The van der Waals surface area contributed by atoms with Crippen molar-refractivity contribution in [2.24, 2.45) is 0 Å². The van der Waals surface area contributed by atoms with Crippen LogP contribution in [0, 0.1) is 0 Å². The van der Waals surface area contributed by atoms with E-state index in [9.17, 15) is 4.79 Å². The highest BCUT2D eigenvalue weighted by Crippen LogP contribution is 2.21. The van der Waals surface area contributed by atoms with Crippen molar-refractivity contribution >= 4 is 27.7 Å². The lowest BCUT2D eigenvalue weighted by Crippen LogP contribution is -2.34. The number of unbranched alkanes of at least 4 members (excludes halogenated alkanes) is 3. The number of carbonyl (C=O) groups is 1. The number of rotatable bonds is 8. The van der Waals surface area contributed by atoms with Crippen LogP contribution in [0.5, 0.6) is 5.75 Å². The molecule has 4 nitrogen and oxygen atoms in total. The van der Waals surface area contributed by atoms with Crippen molar-refractivity contribution in [1.29, 1.82) is 0 Å². The first kappa shape index (κ1) is 19.8. The molecule has 0 aliphatic heterocycles. The molecule has 130 valence electrons. The van der Waals surface area contributed by atoms with Crippen molar-refractivity contribution in [3.63, 3.8) is 0 Å². The summed E-state index contributed by atoms with van der Waals surface area (Å²) in [7, 11) is 1.70. The summed E-state index contributed by atoms with van der Waals surface area (Å²) in [5, 5.41) is 1.07. The molecular weight excluding hydrogens is 358 g/mol. The highest BCUT2D eigenvalue weighted by atomic mass is 79.9. The number of anilines is 1. The average molecular weight is 386 g/mol. The van der Waals surface area contributed by atoms with E-state index >= 15 is 0 Å². The number of benzene rings is 1. The largest absolute Gasteiger partial charge is 0.494 e. The van der Waals surface area contributed by atoms with Crippen LogP contribution in [-0.4, -0.2) is 30.7 Å². The topological polar surface area (TPSA) is 38.8 Å². The molecule has 0 radical (unpaired) electrons. The van der Waals surface area contributed by atoms with Gasteiger partial charge in [0.2, 0.25) is 0 Å². The van der Waals surface area contributed by atoms with Gasteiger partial charge in [0.1, 0.15) is 11.4 Å². The smallest absolute Gasteiger partial charge is 0.414 e. The van der Waals surface area contributed by atoms with Crippen LogP contribution in [-0.2, 0) is 4.74 Å². The van der Waals surface area contributed by atoms with E-state index in [2.05, 4.69) is 15.9 Å². The Bertz CT molecular complexity index is 468. The van der Waals surface area contributed by atoms with Crippen molar-refractivity contribution in [2.45, 2.75) is 52.1 Å². The maximum atomic E-state index is 12.0. The third kappa shape index (κ3) is 8.26. The number of nitrogens with zero attached hydrogens (tertiary/aromatic N) is 1. The fourth-order valence-electron chi connectivity index (χ4n) is 1.94. The Balaban J connectivity index is 2.42. The number of carbonyl (C=O) groups excluding carboxylic acids is 1. The Labute approximate surface area is 148 Å². The van der Waals surface area contributed by atoms with E-state index in [1.54, 1.807) is 7.05 Å². The second-order valence-electron chi connectivity index (χ2n) is 6.48. The van der Waals surface area contributed by atoms with Crippen molar-refractivity contribution in [2.75, 3.05) is 23.9 Å². The zero-order chi connectivity index (χ0) is 17.3. The first-order valence-electron chi connectivity index (χ1n) is 8.09. The molecule has 0 spiro atoms. The van der Waals surface area contributed by atoms with Gasteiger partial charge in [-0.25, -0.2) is 4.79 Å². The van der Waals surface area contributed by atoms with Crippen LogP contribution in [0.4, 0.5) is 10.5 Å². The summed E-state index contributed by atoms with van der Waals surface area (Å²) < 4.78 is 11.1. The molecule has 0 saturated heterocycles. The fraction of sp³-hybridized carbons (Fsp3) is 0.611. The molecule has 0 fully saturated rings. The van der Waals surface area contributed by atoms with Crippen molar-refractivity contribution < 1.29 is 14.3 Å². The van der Waals surface area contributed by atoms with Crippen LogP contribution in [0.1, 0.15) is 46.5 Å². The summed E-state index contributed by atoms with van der Waals surface area (Å²) in [6.45, 7) is 6.29. The summed E-state index contributed by atoms with van der Waals surface area (Å²) in [6.07, 6.45) is 4.33. The summed E-state index contributed by atoms with van der Waals surface area (Å²) in [6, 6.07) is 7.50. The van der Waals surface area contributed by atoms with Crippen LogP contribution < -0.4 is 9.64 Å². The zero-order valence-corrected chi connectivity index (χ0v) is 16.2. The Kier molecular flexibility index (Phi) is 8.45. The molecule has 1 aromatic carbocycles. The number of hydrogen-bond acceptors (Lipinski definition) is 3. The molecule has 0 aliphatic rings. The Morgan fingerprint density at radius 3 is 2.26 bits per heavy atom. The van der Waals surface area contributed by atoms with Crippen molar-refractivity contribution in [3.8, 4) is 5.75 Å². The van der Waals surface area contributed by atoms with Crippen LogP contribution >= 0.6 is 15.9 Å². The number of ether oxygens (including phenoxy) is 2. The third-order valence-electron chi connectivity index (χ3n) is 3.19. The molecule has 0 N–H and O–H groups in total. The Morgan fingerprint density at radius 1 is 1.09 bits per heavy atom. The molecule has 23 heavy (non-hydrogen) atoms. The molecule has 1 rings (SSSR count). The van der Waals surface area contributed by atoms with Gasteiger partial charge in [0.15, 0.2) is 0 Å². The molecule has 0 unspecified atom stereocenters. The van der Waals surface area contributed by atoms with Gasteiger partial charge >= 0.3 is 6.09 Å². The predicted octanol–water partition coefficient (Wildman–Crippen LogP) is 5.39. The fourth-order valence-corrected chi connectivity index (χ4v) is 2.34. The van der Waals surface area contributed by atoms with Gasteiger partial charge in [0.05, 0.1) is 6.61 Å². The molecule has 5 heteroatoms. The molecule has 0 aromatic heterocycles. The number of alkyl halides is 1. The lowest BCUT2D eigenvalue weighted by molar-refractivity contribution is 0.0589. The standard InChI is InChI=1S/C18H28BrNO3/c1-18(2,3)23-17(21)20(4)15-9-11-16(12-10-15)22-14-8-6-5-7-13-19/h9-12H,5-8,13-14H2,1-4H3. The molecule has 0 atom stereocenters. The zero-order valence-electron chi connectivity index (χ0n) is 14.6. The van der Waals surface area contributed by atoms with E-state index in [1.165, 1.54) is 24.2 Å². The average Bonchev–Trinajstić information content (AvgIpc) is 2.49. The second-order valence-corrected chi connectivity index (χ2v) is 7.28. The first-order chi connectivity index (χ1) is 10.8. The SMILES string of the molecule is CN(C(=O)OC(C)(C)C)c1ccc(OCCCCCCBr)cc1. The van der Waals surface area contributed by atoms with Crippen LogP contribution in [0.15, 0.2) is 24.3 Å².